The number of aromatic nitrogens is 1. The number of carbonyl (C=O) groups excluding carboxylic acids is 1. The van der Waals surface area contributed by atoms with Gasteiger partial charge in [0.2, 0.25) is 5.91 Å². The van der Waals surface area contributed by atoms with Crippen molar-refractivity contribution in [3.63, 3.8) is 0 Å². The van der Waals surface area contributed by atoms with E-state index in [9.17, 15) is 9.59 Å². The van der Waals surface area contributed by atoms with Gasteiger partial charge in [0.15, 0.2) is 0 Å². The summed E-state index contributed by atoms with van der Waals surface area (Å²) in [7, 11) is 0. The monoisotopic (exact) mass is 263 g/mol. The van der Waals surface area contributed by atoms with Crippen molar-refractivity contribution in [1.82, 2.24) is 15.6 Å². The second kappa shape index (κ2) is 5.79. The lowest BCUT2D eigenvalue weighted by Gasteiger charge is -2.15. The van der Waals surface area contributed by atoms with Crippen LogP contribution in [0.3, 0.4) is 0 Å². The maximum absolute atomic E-state index is 11.9. The van der Waals surface area contributed by atoms with Crippen LogP contribution < -0.4 is 10.6 Å². The van der Waals surface area contributed by atoms with Gasteiger partial charge in [-0.25, -0.2) is 9.78 Å². The van der Waals surface area contributed by atoms with Crippen molar-refractivity contribution in [2.45, 2.75) is 25.9 Å². The number of amides is 1. The van der Waals surface area contributed by atoms with Crippen LogP contribution in [0.4, 0.5) is 0 Å². The third kappa shape index (κ3) is 3.29. The summed E-state index contributed by atoms with van der Waals surface area (Å²) >= 11 is 0. The van der Waals surface area contributed by atoms with E-state index in [0.717, 1.165) is 18.5 Å². The van der Waals surface area contributed by atoms with Crippen LogP contribution in [0, 0.1) is 5.92 Å². The van der Waals surface area contributed by atoms with Crippen LogP contribution in [0.5, 0.6) is 0 Å². The summed E-state index contributed by atoms with van der Waals surface area (Å²) in [6, 6.07) is 2.95. The molecule has 0 aliphatic carbocycles. The topological polar surface area (TPSA) is 91.3 Å². The number of nitrogens with zero attached hydrogens (tertiary/aromatic N) is 1. The Morgan fingerprint density at radius 2 is 2.32 bits per heavy atom. The van der Waals surface area contributed by atoms with Crippen molar-refractivity contribution in [3.8, 4) is 0 Å². The predicted molar refractivity (Wildman–Crippen MR) is 68.6 cm³/mol. The van der Waals surface area contributed by atoms with Crippen molar-refractivity contribution in [3.05, 3.63) is 29.6 Å². The van der Waals surface area contributed by atoms with Gasteiger partial charge in [-0.3, -0.25) is 4.79 Å². The fourth-order valence-electron chi connectivity index (χ4n) is 2.14. The number of aromatic carboxylic acids is 1. The molecule has 19 heavy (non-hydrogen) atoms. The predicted octanol–water partition coefficient (Wildman–Crippen LogP) is 0.394. The Morgan fingerprint density at radius 1 is 1.53 bits per heavy atom. The number of pyridine rings is 1. The third-order valence-corrected chi connectivity index (χ3v) is 3.33. The van der Waals surface area contributed by atoms with Gasteiger partial charge >= 0.3 is 5.97 Å². The first-order valence-corrected chi connectivity index (χ1v) is 6.27. The Bertz CT molecular complexity index is 473. The van der Waals surface area contributed by atoms with Gasteiger partial charge in [-0.1, -0.05) is 13.0 Å². The molecule has 1 saturated heterocycles. The molecule has 6 nitrogen and oxygen atoms in total. The van der Waals surface area contributed by atoms with Crippen LogP contribution >= 0.6 is 0 Å². The molecule has 0 saturated carbocycles. The largest absolute Gasteiger partial charge is 0.477 e. The van der Waals surface area contributed by atoms with Crippen LogP contribution in [-0.4, -0.2) is 34.6 Å². The molecule has 3 N–H and O–H groups in total. The van der Waals surface area contributed by atoms with Gasteiger partial charge in [0.05, 0.1) is 6.04 Å². The molecule has 0 bridgehead atoms. The van der Waals surface area contributed by atoms with Gasteiger partial charge in [0, 0.05) is 12.7 Å². The molecule has 0 radical (unpaired) electrons. The molecule has 102 valence electrons. The molecule has 0 aromatic carbocycles. The van der Waals surface area contributed by atoms with E-state index in [4.69, 9.17) is 5.11 Å². The van der Waals surface area contributed by atoms with Crippen LogP contribution in [-0.2, 0) is 11.3 Å². The summed E-state index contributed by atoms with van der Waals surface area (Å²) in [5, 5.41) is 14.7. The van der Waals surface area contributed by atoms with Crippen LogP contribution in [0.15, 0.2) is 18.3 Å². The smallest absolute Gasteiger partial charge is 0.354 e. The van der Waals surface area contributed by atoms with Gasteiger partial charge < -0.3 is 15.7 Å². The Balaban J connectivity index is 1.88. The fourth-order valence-corrected chi connectivity index (χ4v) is 2.14. The summed E-state index contributed by atoms with van der Waals surface area (Å²) in [4.78, 5) is 26.4. The summed E-state index contributed by atoms with van der Waals surface area (Å²) in [6.45, 7) is 3.28. The second-order valence-electron chi connectivity index (χ2n) is 4.77. The Morgan fingerprint density at radius 3 is 2.84 bits per heavy atom. The highest BCUT2D eigenvalue weighted by Gasteiger charge is 2.28. The minimum atomic E-state index is -1.06. The highest BCUT2D eigenvalue weighted by molar-refractivity contribution is 5.85. The molecule has 2 atom stereocenters. The summed E-state index contributed by atoms with van der Waals surface area (Å²) in [5.74, 6) is -0.737. The van der Waals surface area contributed by atoms with E-state index in [0.29, 0.717) is 12.5 Å². The minimum Gasteiger partial charge on any atom is -0.477 e. The Kier molecular flexibility index (Phi) is 4.11. The summed E-state index contributed by atoms with van der Waals surface area (Å²) in [6.07, 6.45) is 2.47. The lowest BCUT2D eigenvalue weighted by Crippen LogP contribution is -2.42. The molecule has 1 aromatic rings. The molecular formula is C13H17N3O3. The van der Waals surface area contributed by atoms with Gasteiger partial charge in [-0.15, -0.1) is 0 Å². The number of nitrogens with one attached hydrogen (secondary N) is 2. The number of carboxylic acid groups (broad SMARTS) is 1. The average molecular weight is 263 g/mol. The number of carbonyl (C=O) groups is 2. The first kappa shape index (κ1) is 13.5. The summed E-state index contributed by atoms with van der Waals surface area (Å²) < 4.78 is 0. The highest BCUT2D eigenvalue weighted by atomic mass is 16.4. The number of carboxylic acids is 1. The molecule has 2 rings (SSSR count). The zero-order valence-electron chi connectivity index (χ0n) is 10.7. The van der Waals surface area contributed by atoms with E-state index in [1.54, 1.807) is 6.07 Å². The normalized spacial score (nSPS) is 22.2. The van der Waals surface area contributed by atoms with Crippen molar-refractivity contribution in [2.75, 3.05) is 6.54 Å². The first-order chi connectivity index (χ1) is 9.08. The molecule has 2 unspecified atom stereocenters. The Hall–Kier alpha value is -1.95. The SMILES string of the molecule is CC1CCNC1C(=O)NCc1ccc(C(=O)O)nc1. The van der Waals surface area contributed by atoms with Crippen LogP contribution in [0.1, 0.15) is 29.4 Å². The zero-order valence-corrected chi connectivity index (χ0v) is 10.7. The van der Waals surface area contributed by atoms with E-state index >= 15 is 0 Å². The molecule has 1 aliphatic heterocycles. The van der Waals surface area contributed by atoms with E-state index in [2.05, 4.69) is 15.6 Å². The van der Waals surface area contributed by atoms with Gasteiger partial charge in [-0.05, 0) is 30.5 Å². The van der Waals surface area contributed by atoms with Crippen molar-refractivity contribution in [1.29, 1.82) is 0 Å². The highest BCUT2D eigenvalue weighted by Crippen LogP contribution is 2.14. The molecule has 0 spiro atoms. The molecule has 1 amide bonds. The fraction of sp³-hybridized carbons (Fsp3) is 0.462. The lowest BCUT2D eigenvalue weighted by molar-refractivity contribution is -0.123. The van der Waals surface area contributed by atoms with Crippen molar-refractivity contribution >= 4 is 11.9 Å². The molecule has 6 heteroatoms. The molecule has 2 heterocycles. The lowest BCUT2D eigenvalue weighted by atomic mass is 10.0. The van der Waals surface area contributed by atoms with E-state index in [1.807, 2.05) is 6.92 Å². The van der Waals surface area contributed by atoms with E-state index in [-0.39, 0.29) is 17.6 Å². The van der Waals surface area contributed by atoms with Crippen molar-refractivity contribution in [2.24, 2.45) is 5.92 Å². The second-order valence-corrected chi connectivity index (χ2v) is 4.77. The quantitative estimate of drug-likeness (QED) is 0.731. The van der Waals surface area contributed by atoms with Crippen molar-refractivity contribution < 1.29 is 14.7 Å². The maximum atomic E-state index is 11.9. The molecule has 1 fully saturated rings. The van der Waals surface area contributed by atoms with Crippen LogP contribution in [0.25, 0.3) is 0 Å². The summed E-state index contributed by atoms with van der Waals surface area (Å²) in [5.41, 5.74) is 0.783. The average Bonchev–Trinajstić information content (AvgIpc) is 2.83. The van der Waals surface area contributed by atoms with Gasteiger partial charge in [0.1, 0.15) is 5.69 Å². The zero-order chi connectivity index (χ0) is 13.8. The van der Waals surface area contributed by atoms with E-state index in [1.165, 1.54) is 12.3 Å². The maximum Gasteiger partial charge on any atom is 0.354 e. The van der Waals surface area contributed by atoms with Gasteiger partial charge in [0.25, 0.3) is 0 Å². The first-order valence-electron chi connectivity index (χ1n) is 6.27. The van der Waals surface area contributed by atoms with Crippen LogP contribution in [0.2, 0.25) is 0 Å². The number of hydrogen-bond acceptors (Lipinski definition) is 4. The molecule has 1 aliphatic rings. The molecule has 1 aromatic heterocycles. The van der Waals surface area contributed by atoms with Gasteiger partial charge in [-0.2, -0.15) is 0 Å². The Labute approximate surface area is 111 Å². The molecular weight excluding hydrogens is 246 g/mol. The van der Waals surface area contributed by atoms with E-state index < -0.39 is 5.97 Å². The number of rotatable bonds is 4. The number of hydrogen-bond donors (Lipinski definition) is 3. The standard InChI is InChI=1S/C13H17N3O3/c1-8-4-5-14-11(8)12(17)16-7-9-2-3-10(13(18)19)15-6-9/h2-3,6,8,11,14H,4-5,7H2,1H3,(H,16,17)(H,18,19). The third-order valence-electron chi connectivity index (χ3n) is 3.33. The minimum absolute atomic E-state index is 0.00107.